The molecule has 1 aromatic rings. The van der Waals surface area contributed by atoms with Crippen LogP contribution in [0.1, 0.15) is 12.7 Å². The van der Waals surface area contributed by atoms with Crippen LogP contribution in [0.25, 0.3) is 0 Å². The van der Waals surface area contributed by atoms with Gasteiger partial charge in [0.25, 0.3) is 0 Å². The van der Waals surface area contributed by atoms with Gasteiger partial charge in [-0.05, 0) is 19.1 Å². The van der Waals surface area contributed by atoms with E-state index in [0.717, 1.165) is 5.76 Å². The third kappa shape index (κ3) is 3.51. The van der Waals surface area contributed by atoms with Gasteiger partial charge in [0.15, 0.2) is 9.84 Å². The number of rotatable bonds is 5. The molecule has 0 aromatic carbocycles. The van der Waals surface area contributed by atoms with Crippen molar-refractivity contribution in [1.82, 2.24) is 5.32 Å². The van der Waals surface area contributed by atoms with Gasteiger partial charge in [-0.25, -0.2) is 8.42 Å². The summed E-state index contributed by atoms with van der Waals surface area (Å²) >= 11 is 0. The molecule has 5 heteroatoms. The van der Waals surface area contributed by atoms with Crippen LogP contribution in [-0.4, -0.2) is 26.5 Å². The summed E-state index contributed by atoms with van der Waals surface area (Å²) in [5.41, 5.74) is 0. The average Bonchev–Trinajstić information content (AvgIpc) is 2.55. The Labute approximate surface area is 84.2 Å². The van der Waals surface area contributed by atoms with Gasteiger partial charge in [0.2, 0.25) is 0 Å². The van der Waals surface area contributed by atoms with Crippen molar-refractivity contribution >= 4 is 9.84 Å². The summed E-state index contributed by atoms with van der Waals surface area (Å²) in [5, 5.41) is 2.66. The van der Waals surface area contributed by atoms with E-state index in [1.54, 1.807) is 19.3 Å². The molecule has 0 amide bonds. The van der Waals surface area contributed by atoms with Crippen molar-refractivity contribution in [2.45, 2.75) is 18.7 Å². The maximum Gasteiger partial charge on any atom is 0.151 e. The first kappa shape index (κ1) is 11.3. The second-order valence-electron chi connectivity index (χ2n) is 3.35. The molecule has 4 nitrogen and oxygen atoms in total. The SMILES string of the molecule is CC(CNCc1ccco1)S(C)(=O)=O. The van der Waals surface area contributed by atoms with E-state index in [-0.39, 0.29) is 5.25 Å². The molecular formula is C9H15NO3S. The summed E-state index contributed by atoms with van der Waals surface area (Å²) in [7, 11) is -2.94. The van der Waals surface area contributed by atoms with Crippen LogP contribution in [0.15, 0.2) is 22.8 Å². The highest BCUT2D eigenvalue weighted by molar-refractivity contribution is 7.91. The van der Waals surface area contributed by atoms with Crippen molar-refractivity contribution in [1.29, 1.82) is 0 Å². The summed E-state index contributed by atoms with van der Waals surface area (Å²) in [6.45, 7) is 2.69. The van der Waals surface area contributed by atoms with Gasteiger partial charge in [0, 0.05) is 12.8 Å². The minimum atomic E-state index is -2.94. The second kappa shape index (κ2) is 4.61. The van der Waals surface area contributed by atoms with Gasteiger partial charge in [-0.1, -0.05) is 0 Å². The Morgan fingerprint density at radius 3 is 2.79 bits per heavy atom. The Bertz CT molecular complexity index is 355. The molecule has 1 unspecified atom stereocenters. The molecule has 0 radical (unpaired) electrons. The lowest BCUT2D eigenvalue weighted by atomic mass is 10.4. The minimum absolute atomic E-state index is 0.363. The Morgan fingerprint density at radius 2 is 2.29 bits per heavy atom. The van der Waals surface area contributed by atoms with Crippen molar-refractivity contribution in [2.75, 3.05) is 12.8 Å². The van der Waals surface area contributed by atoms with E-state index in [0.29, 0.717) is 13.1 Å². The molecule has 0 aliphatic rings. The lowest BCUT2D eigenvalue weighted by Crippen LogP contribution is -2.30. The Kier molecular flexibility index (Phi) is 3.71. The van der Waals surface area contributed by atoms with E-state index in [9.17, 15) is 8.42 Å². The van der Waals surface area contributed by atoms with Crippen molar-refractivity contribution in [2.24, 2.45) is 0 Å². The number of hydrogen-bond acceptors (Lipinski definition) is 4. The highest BCUT2D eigenvalue weighted by Crippen LogP contribution is 2.00. The maximum absolute atomic E-state index is 11.1. The molecule has 0 saturated heterocycles. The highest BCUT2D eigenvalue weighted by Gasteiger charge is 2.13. The summed E-state index contributed by atoms with van der Waals surface area (Å²) in [4.78, 5) is 0. The van der Waals surface area contributed by atoms with Crippen molar-refractivity contribution in [3.8, 4) is 0 Å². The smallest absolute Gasteiger partial charge is 0.151 e. The number of furan rings is 1. The molecule has 80 valence electrons. The minimum Gasteiger partial charge on any atom is -0.468 e. The summed E-state index contributed by atoms with van der Waals surface area (Å²) in [6.07, 6.45) is 2.84. The monoisotopic (exact) mass is 217 g/mol. The molecule has 0 bridgehead atoms. The molecule has 0 fully saturated rings. The van der Waals surface area contributed by atoms with Crippen LogP contribution < -0.4 is 5.32 Å². The topological polar surface area (TPSA) is 59.3 Å². The second-order valence-corrected chi connectivity index (χ2v) is 5.81. The van der Waals surface area contributed by atoms with Crippen molar-refractivity contribution < 1.29 is 12.8 Å². The fraction of sp³-hybridized carbons (Fsp3) is 0.556. The molecule has 0 spiro atoms. The zero-order valence-electron chi connectivity index (χ0n) is 8.36. The van der Waals surface area contributed by atoms with E-state index in [1.165, 1.54) is 6.26 Å². The standard InChI is InChI=1S/C9H15NO3S/c1-8(14(2,11)12)6-10-7-9-4-3-5-13-9/h3-5,8,10H,6-7H2,1-2H3. The quantitative estimate of drug-likeness (QED) is 0.792. The predicted molar refractivity (Wildman–Crippen MR) is 54.7 cm³/mol. The third-order valence-electron chi connectivity index (χ3n) is 2.04. The zero-order chi connectivity index (χ0) is 10.6. The van der Waals surface area contributed by atoms with Gasteiger partial charge in [0.05, 0.1) is 18.1 Å². The largest absolute Gasteiger partial charge is 0.468 e. The van der Waals surface area contributed by atoms with E-state index >= 15 is 0 Å². The van der Waals surface area contributed by atoms with Gasteiger partial charge in [0.1, 0.15) is 5.76 Å². The van der Waals surface area contributed by atoms with Crippen LogP contribution in [0, 0.1) is 0 Å². The summed E-state index contributed by atoms with van der Waals surface area (Å²) < 4.78 is 27.2. The van der Waals surface area contributed by atoms with Crippen LogP contribution >= 0.6 is 0 Å². The van der Waals surface area contributed by atoms with Gasteiger partial charge in [-0.15, -0.1) is 0 Å². The Morgan fingerprint density at radius 1 is 1.57 bits per heavy atom. The van der Waals surface area contributed by atoms with Gasteiger partial charge in [-0.2, -0.15) is 0 Å². The van der Waals surface area contributed by atoms with E-state index < -0.39 is 9.84 Å². The van der Waals surface area contributed by atoms with Crippen LogP contribution in [0.3, 0.4) is 0 Å². The number of sulfone groups is 1. The van der Waals surface area contributed by atoms with Crippen LogP contribution in [-0.2, 0) is 16.4 Å². The zero-order valence-corrected chi connectivity index (χ0v) is 9.17. The maximum atomic E-state index is 11.1. The highest BCUT2D eigenvalue weighted by atomic mass is 32.2. The first-order valence-electron chi connectivity index (χ1n) is 4.42. The van der Waals surface area contributed by atoms with Gasteiger partial charge in [-0.3, -0.25) is 0 Å². The molecule has 0 saturated carbocycles. The first-order chi connectivity index (χ1) is 6.50. The number of nitrogens with one attached hydrogen (secondary N) is 1. The van der Waals surface area contributed by atoms with Crippen LogP contribution in [0.4, 0.5) is 0 Å². The molecule has 14 heavy (non-hydrogen) atoms. The molecule has 1 rings (SSSR count). The molecule has 0 aliphatic heterocycles. The molecule has 1 aromatic heterocycles. The summed E-state index contributed by atoms with van der Waals surface area (Å²) in [5.74, 6) is 0.811. The Hall–Kier alpha value is -0.810. The Balaban J connectivity index is 2.29. The molecule has 1 heterocycles. The van der Waals surface area contributed by atoms with E-state index in [4.69, 9.17) is 4.42 Å². The normalized spacial score (nSPS) is 14.1. The fourth-order valence-corrected chi connectivity index (χ4v) is 1.38. The van der Waals surface area contributed by atoms with E-state index in [2.05, 4.69) is 5.32 Å². The van der Waals surface area contributed by atoms with Crippen molar-refractivity contribution in [3.05, 3.63) is 24.2 Å². The summed E-state index contributed by atoms with van der Waals surface area (Å²) in [6, 6.07) is 3.65. The fourth-order valence-electron chi connectivity index (χ4n) is 0.963. The van der Waals surface area contributed by atoms with Crippen molar-refractivity contribution in [3.63, 3.8) is 0 Å². The van der Waals surface area contributed by atoms with Crippen LogP contribution in [0.5, 0.6) is 0 Å². The molecule has 0 aliphatic carbocycles. The molecule has 1 N–H and O–H groups in total. The molecule has 1 atom stereocenters. The molecular weight excluding hydrogens is 202 g/mol. The predicted octanol–water partition coefficient (Wildman–Crippen LogP) is 0.802. The lowest BCUT2D eigenvalue weighted by molar-refractivity contribution is 0.481. The third-order valence-corrected chi connectivity index (χ3v) is 3.67. The van der Waals surface area contributed by atoms with Gasteiger partial charge < -0.3 is 9.73 Å². The van der Waals surface area contributed by atoms with E-state index in [1.807, 2.05) is 6.07 Å². The van der Waals surface area contributed by atoms with Gasteiger partial charge >= 0.3 is 0 Å². The first-order valence-corrected chi connectivity index (χ1v) is 6.37. The number of hydrogen-bond donors (Lipinski definition) is 1. The lowest BCUT2D eigenvalue weighted by Gasteiger charge is -2.09. The van der Waals surface area contributed by atoms with Crippen LogP contribution in [0.2, 0.25) is 0 Å². The average molecular weight is 217 g/mol.